The van der Waals surface area contributed by atoms with Crippen LogP contribution in [0.2, 0.25) is 0 Å². The zero-order valence-electron chi connectivity index (χ0n) is 12.8. The maximum Gasteiger partial charge on any atom is 0.586 e. The summed E-state index contributed by atoms with van der Waals surface area (Å²) in [6, 6.07) is 11.6. The van der Waals surface area contributed by atoms with Gasteiger partial charge in [-0.3, -0.25) is 0 Å². The van der Waals surface area contributed by atoms with Gasteiger partial charge in [-0.15, -0.1) is 8.78 Å². The summed E-state index contributed by atoms with van der Waals surface area (Å²) in [5.74, 6) is -1.18. The lowest BCUT2D eigenvalue weighted by molar-refractivity contribution is -0.286. The fourth-order valence-electron chi connectivity index (χ4n) is 2.77. The molecule has 0 spiro atoms. The summed E-state index contributed by atoms with van der Waals surface area (Å²) >= 11 is 0. The molecule has 1 N–H and O–H groups in total. The van der Waals surface area contributed by atoms with E-state index in [1.165, 1.54) is 18.2 Å². The first-order valence-electron chi connectivity index (χ1n) is 7.54. The minimum absolute atomic E-state index is 0.0203. The smallest absolute Gasteiger partial charge is 0.475 e. The largest absolute Gasteiger partial charge is 0.586 e. The van der Waals surface area contributed by atoms with Crippen molar-refractivity contribution >= 4 is 16.9 Å². The van der Waals surface area contributed by atoms with E-state index in [-0.39, 0.29) is 17.3 Å². The lowest BCUT2D eigenvalue weighted by Gasteiger charge is -2.04. The van der Waals surface area contributed by atoms with Gasteiger partial charge in [0.05, 0.1) is 0 Å². The van der Waals surface area contributed by atoms with Gasteiger partial charge in [-0.25, -0.2) is 4.79 Å². The number of furan rings is 1. The predicted octanol–water partition coefficient (Wildman–Crippen LogP) is 4.24. The number of carboxylic acid groups (broad SMARTS) is 1. The number of hydrogen-bond donors (Lipinski definition) is 1. The Morgan fingerprint density at radius 2 is 1.64 bits per heavy atom. The molecule has 3 aromatic rings. The number of aryl methyl sites for hydroxylation is 2. The normalized spacial score (nSPS) is 14.8. The van der Waals surface area contributed by atoms with Gasteiger partial charge in [0.25, 0.3) is 0 Å². The predicted molar refractivity (Wildman–Crippen MR) is 83.2 cm³/mol. The molecule has 0 saturated heterocycles. The Balaban J connectivity index is 1.50. The van der Waals surface area contributed by atoms with Crippen LogP contribution in [0.5, 0.6) is 11.5 Å². The molecule has 1 aliphatic heterocycles. The Kier molecular flexibility index (Phi) is 3.38. The molecule has 25 heavy (non-hydrogen) atoms. The third-order valence-corrected chi connectivity index (χ3v) is 3.96. The first kappa shape index (κ1) is 15.4. The number of alkyl halides is 2. The maximum absolute atomic E-state index is 13.0. The first-order chi connectivity index (χ1) is 11.9. The van der Waals surface area contributed by atoms with Crippen molar-refractivity contribution < 1.29 is 32.6 Å². The van der Waals surface area contributed by atoms with E-state index in [0.717, 1.165) is 11.1 Å². The number of rotatable bonds is 4. The van der Waals surface area contributed by atoms with Crippen molar-refractivity contribution in [1.82, 2.24) is 0 Å². The van der Waals surface area contributed by atoms with Crippen LogP contribution in [0.4, 0.5) is 8.78 Å². The molecule has 2 aromatic carbocycles. The molecule has 128 valence electrons. The molecule has 1 aliphatic rings. The Morgan fingerprint density at radius 1 is 0.960 bits per heavy atom. The summed E-state index contributed by atoms with van der Waals surface area (Å²) in [7, 11) is 0. The van der Waals surface area contributed by atoms with Gasteiger partial charge in [-0.1, -0.05) is 18.2 Å². The molecule has 1 aromatic heterocycles. The van der Waals surface area contributed by atoms with E-state index in [4.69, 9.17) is 9.52 Å². The van der Waals surface area contributed by atoms with Crippen LogP contribution in [0.3, 0.4) is 0 Å². The number of ether oxygens (including phenoxy) is 2. The van der Waals surface area contributed by atoms with Crippen molar-refractivity contribution in [1.29, 1.82) is 0 Å². The van der Waals surface area contributed by atoms with E-state index >= 15 is 0 Å². The van der Waals surface area contributed by atoms with E-state index in [1.54, 1.807) is 18.2 Å². The zero-order valence-corrected chi connectivity index (χ0v) is 12.8. The monoisotopic (exact) mass is 346 g/mol. The first-order valence-corrected chi connectivity index (χ1v) is 7.54. The number of benzene rings is 2. The lowest BCUT2D eigenvalue weighted by atomic mass is 10.0. The lowest BCUT2D eigenvalue weighted by Crippen LogP contribution is -2.25. The molecule has 0 unspecified atom stereocenters. The molecule has 0 saturated carbocycles. The molecular weight excluding hydrogens is 334 g/mol. The number of aromatic carboxylic acids is 1. The van der Waals surface area contributed by atoms with Crippen molar-refractivity contribution in [2.45, 2.75) is 19.1 Å². The minimum Gasteiger partial charge on any atom is -0.475 e. The van der Waals surface area contributed by atoms with Gasteiger partial charge in [0.1, 0.15) is 5.58 Å². The Morgan fingerprint density at radius 3 is 2.40 bits per heavy atom. The highest BCUT2D eigenvalue weighted by molar-refractivity contribution is 5.91. The Bertz CT molecular complexity index is 977. The fourth-order valence-corrected chi connectivity index (χ4v) is 2.77. The summed E-state index contributed by atoms with van der Waals surface area (Å²) in [6.45, 7) is 0. The third-order valence-electron chi connectivity index (χ3n) is 3.96. The van der Waals surface area contributed by atoms with Crippen LogP contribution in [0.15, 0.2) is 46.9 Å². The molecule has 2 heterocycles. The molecule has 0 aliphatic carbocycles. The minimum atomic E-state index is -3.62. The summed E-state index contributed by atoms with van der Waals surface area (Å²) in [5.41, 5.74) is 2.27. The van der Waals surface area contributed by atoms with Gasteiger partial charge in [0, 0.05) is 5.39 Å². The van der Waals surface area contributed by atoms with Crippen LogP contribution in [-0.4, -0.2) is 17.4 Å². The molecule has 0 radical (unpaired) electrons. The average Bonchev–Trinajstić information content (AvgIpc) is 3.10. The molecule has 0 fully saturated rings. The zero-order chi connectivity index (χ0) is 17.6. The van der Waals surface area contributed by atoms with Gasteiger partial charge < -0.3 is 19.0 Å². The highest BCUT2D eigenvalue weighted by Crippen LogP contribution is 2.41. The van der Waals surface area contributed by atoms with Gasteiger partial charge in [0.2, 0.25) is 5.76 Å². The van der Waals surface area contributed by atoms with Crippen LogP contribution < -0.4 is 9.47 Å². The number of halogens is 2. The fraction of sp³-hybridized carbons (Fsp3) is 0.167. The molecule has 5 nitrogen and oxygen atoms in total. The van der Waals surface area contributed by atoms with Gasteiger partial charge in [0.15, 0.2) is 11.5 Å². The topological polar surface area (TPSA) is 68.9 Å². The summed E-state index contributed by atoms with van der Waals surface area (Å²) in [4.78, 5) is 10.9. The quantitative estimate of drug-likeness (QED) is 0.765. The average molecular weight is 346 g/mol. The Hall–Kier alpha value is -3.09. The number of fused-ring (bicyclic) bond motifs is 2. The van der Waals surface area contributed by atoms with Crippen LogP contribution in [0.25, 0.3) is 11.0 Å². The molecule has 0 bridgehead atoms. The summed E-state index contributed by atoms with van der Waals surface area (Å²) in [5, 5.41) is 9.67. The van der Waals surface area contributed by atoms with E-state index in [9.17, 15) is 13.6 Å². The van der Waals surface area contributed by atoms with Crippen molar-refractivity contribution in [3.63, 3.8) is 0 Å². The van der Waals surface area contributed by atoms with Gasteiger partial charge >= 0.3 is 12.3 Å². The second-order valence-electron chi connectivity index (χ2n) is 5.74. The number of carbonyl (C=O) groups is 1. The van der Waals surface area contributed by atoms with E-state index < -0.39 is 12.3 Å². The second-order valence-corrected chi connectivity index (χ2v) is 5.74. The van der Waals surface area contributed by atoms with Crippen molar-refractivity contribution in [3.8, 4) is 11.5 Å². The van der Waals surface area contributed by atoms with Crippen molar-refractivity contribution in [2.24, 2.45) is 0 Å². The highest BCUT2D eigenvalue weighted by atomic mass is 19.3. The molecule has 7 heteroatoms. The second kappa shape index (κ2) is 5.47. The van der Waals surface area contributed by atoms with Crippen molar-refractivity contribution in [2.75, 3.05) is 0 Å². The van der Waals surface area contributed by atoms with Crippen LogP contribution in [-0.2, 0) is 12.8 Å². The molecule has 0 atom stereocenters. The van der Waals surface area contributed by atoms with Crippen LogP contribution >= 0.6 is 0 Å². The van der Waals surface area contributed by atoms with Gasteiger partial charge in [-0.2, -0.15) is 0 Å². The Labute approximate surface area is 140 Å². The SMILES string of the molecule is O=C(O)c1cc2ccc(CCc3ccc4c(c3)OC(F)(F)O4)cc2o1. The number of hydrogen-bond acceptors (Lipinski definition) is 4. The highest BCUT2D eigenvalue weighted by Gasteiger charge is 2.43. The molecular formula is C18H12F2O5. The van der Waals surface area contributed by atoms with E-state index in [0.29, 0.717) is 23.8 Å². The van der Waals surface area contributed by atoms with E-state index in [2.05, 4.69) is 9.47 Å². The van der Waals surface area contributed by atoms with Gasteiger partial charge in [-0.05, 0) is 48.2 Å². The maximum atomic E-state index is 13.0. The summed E-state index contributed by atoms with van der Waals surface area (Å²) in [6.07, 6.45) is -2.39. The van der Waals surface area contributed by atoms with Crippen LogP contribution in [0.1, 0.15) is 21.7 Å². The summed E-state index contributed by atoms with van der Waals surface area (Å²) < 4.78 is 40.2. The van der Waals surface area contributed by atoms with Crippen LogP contribution in [0, 0.1) is 0 Å². The number of carboxylic acids is 1. The van der Waals surface area contributed by atoms with E-state index in [1.807, 2.05) is 6.07 Å². The molecule has 0 amide bonds. The molecule has 4 rings (SSSR count). The standard InChI is InChI=1S/C18H12F2O5/c19-18(20)24-13-6-4-11(8-15(13)25-18)2-1-10-3-5-12-9-16(17(21)22)23-14(12)7-10/h3-9H,1-2H2,(H,21,22). The third kappa shape index (κ3) is 3.00. The van der Waals surface area contributed by atoms with Crippen molar-refractivity contribution in [3.05, 3.63) is 59.4 Å².